The van der Waals surface area contributed by atoms with Crippen molar-refractivity contribution in [1.29, 1.82) is 0 Å². The normalized spacial score (nSPS) is 14.7. The van der Waals surface area contributed by atoms with Crippen LogP contribution in [0.15, 0.2) is 73.3 Å². The third-order valence-electron chi connectivity index (χ3n) is 5.33. The smallest absolute Gasteiger partial charge is 0.343 e. The molecular weight excluding hydrogens is 482 g/mol. The highest BCUT2D eigenvalue weighted by atomic mass is 32.2. The van der Waals surface area contributed by atoms with Crippen LogP contribution in [0.25, 0.3) is 5.57 Å². The van der Waals surface area contributed by atoms with Crippen molar-refractivity contribution in [3.8, 4) is 28.7 Å². The quantitative estimate of drug-likeness (QED) is 0.246. The zero-order chi connectivity index (χ0) is 25.7. The largest absolute Gasteiger partial charge is 0.496 e. The van der Waals surface area contributed by atoms with Gasteiger partial charge in [-0.2, -0.15) is 0 Å². The number of thioether (sulfide) groups is 1. The maximum atomic E-state index is 12.6. The number of hydrogen-bond donors (Lipinski definition) is 1. The van der Waals surface area contributed by atoms with Crippen LogP contribution in [0.5, 0.6) is 28.7 Å². The van der Waals surface area contributed by atoms with E-state index in [1.807, 2.05) is 12.1 Å². The van der Waals surface area contributed by atoms with E-state index >= 15 is 0 Å². The van der Waals surface area contributed by atoms with Gasteiger partial charge in [0.15, 0.2) is 0 Å². The molecule has 8 nitrogen and oxygen atoms in total. The van der Waals surface area contributed by atoms with Crippen LogP contribution < -0.4 is 24.3 Å². The highest BCUT2D eigenvalue weighted by Crippen LogP contribution is 2.30. The number of amides is 2. The summed E-state index contributed by atoms with van der Waals surface area (Å²) in [6.07, 6.45) is 0.456. The first-order chi connectivity index (χ1) is 17.3. The molecule has 1 unspecified atom stereocenters. The number of hydrogen-bond acceptors (Lipinski definition) is 8. The second-order valence-corrected chi connectivity index (χ2v) is 8.95. The van der Waals surface area contributed by atoms with E-state index in [2.05, 4.69) is 11.9 Å². The summed E-state index contributed by atoms with van der Waals surface area (Å²) in [5.74, 6) is 1.58. The van der Waals surface area contributed by atoms with Gasteiger partial charge in [-0.05, 0) is 41.8 Å². The van der Waals surface area contributed by atoms with E-state index < -0.39 is 11.2 Å². The first-order valence-corrected chi connectivity index (χ1v) is 11.8. The van der Waals surface area contributed by atoms with Gasteiger partial charge in [0.1, 0.15) is 28.7 Å². The molecule has 1 saturated heterocycles. The average Bonchev–Trinajstić information content (AvgIpc) is 3.20. The molecular formula is C27H23NO7S. The van der Waals surface area contributed by atoms with Crippen LogP contribution in [0.4, 0.5) is 4.79 Å². The fourth-order valence-corrected chi connectivity index (χ4v) is 4.28. The molecule has 0 aromatic heterocycles. The van der Waals surface area contributed by atoms with Crippen LogP contribution in [0.2, 0.25) is 0 Å². The summed E-state index contributed by atoms with van der Waals surface area (Å²) in [6, 6.07) is 19.0. The van der Waals surface area contributed by atoms with Gasteiger partial charge in [0.05, 0.1) is 25.0 Å². The number of nitrogens with one attached hydrogen (secondary N) is 1. The molecule has 0 saturated carbocycles. The third-order valence-corrected chi connectivity index (χ3v) is 6.31. The van der Waals surface area contributed by atoms with Gasteiger partial charge in [-0.1, -0.05) is 42.6 Å². The third kappa shape index (κ3) is 6.05. The van der Waals surface area contributed by atoms with Crippen LogP contribution in [-0.2, 0) is 16.0 Å². The van der Waals surface area contributed by atoms with Crippen molar-refractivity contribution in [3.63, 3.8) is 0 Å². The summed E-state index contributed by atoms with van der Waals surface area (Å²) < 4.78 is 21.7. The number of imide groups is 1. The molecule has 36 heavy (non-hydrogen) atoms. The predicted octanol–water partition coefficient (Wildman–Crippen LogP) is 5.01. The lowest BCUT2D eigenvalue weighted by Crippen LogP contribution is -2.25. The van der Waals surface area contributed by atoms with Gasteiger partial charge in [-0.3, -0.25) is 14.9 Å². The molecule has 0 spiro atoms. The number of ether oxygens (including phenoxy) is 4. The van der Waals surface area contributed by atoms with E-state index in [1.165, 1.54) is 14.2 Å². The predicted molar refractivity (Wildman–Crippen MR) is 136 cm³/mol. The van der Waals surface area contributed by atoms with E-state index in [0.717, 1.165) is 17.3 Å². The lowest BCUT2D eigenvalue weighted by Gasteiger charge is -2.11. The molecule has 1 atom stereocenters. The molecule has 2 amide bonds. The molecule has 1 fully saturated rings. The SMILES string of the molecule is C=C(C(=O)Oc1cc(OC)cc(OC)c1)c1ccc(Oc2ccc(CC3SC(=O)NC3=O)cc2)cc1. The average molecular weight is 506 g/mol. The fraction of sp³-hybridized carbons (Fsp3) is 0.148. The number of rotatable bonds is 9. The van der Waals surface area contributed by atoms with Crippen molar-refractivity contribution < 1.29 is 33.3 Å². The van der Waals surface area contributed by atoms with E-state index in [0.29, 0.717) is 35.0 Å². The summed E-state index contributed by atoms with van der Waals surface area (Å²) in [4.78, 5) is 35.7. The van der Waals surface area contributed by atoms with Crippen LogP contribution >= 0.6 is 11.8 Å². The highest BCUT2D eigenvalue weighted by molar-refractivity contribution is 8.15. The molecule has 0 radical (unpaired) electrons. The Labute approximate surface area is 212 Å². The first-order valence-electron chi connectivity index (χ1n) is 10.9. The van der Waals surface area contributed by atoms with Crippen molar-refractivity contribution in [2.45, 2.75) is 11.7 Å². The Morgan fingerprint density at radius 1 is 0.861 bits per heavy atom. The number of benzene rings is 3. The maximum absolute atomic E-state index is 12.6. The fourth-order valence-electron chi connectivity index (χ4n) is 3.42. The molecule has 1 N–H and O–H groups in total. The molecule has 4 rings (SSSR count). The lowest BCUT2D eigenvalue weighted by atomic mass is 10.1. The second kappa shape index (κ2) is 11.0. The van der Waals surface area contributed by atoms with Crippen molar-refractivity contribution >= 4 is 34.5 Å². The van der Waals surface area contributed by atoms with Crippen molar-refractivity contribution in [1.82, 2.24) is 5.32 Å². The molecule has 1 aliphatic heterocycles. The summed E-state index contributed by atoms with van der Waals surface area (Å²) in [6.45, 7) is 3.85. The number of esters is 1. The van der Waals surface area contributed by atoms with Gasteiger partial charge in [0.2, 0.25) is 5.91 Å². The summed E-state index contributed by atoms with van der Waals surface area (Å²) in [5.41, 5.74) is 1.68. The van der Waals surface area contributed by atoms with Gasteiger partial charge >= 0.3 is 5.97 Å². The number of carbonyl (C=O) groups excluding carboxylic acids is 3. The van der Waals surface area contributed by atoms with Gasteiger partial charge in [-0.15, -0.1) is 0 Å². The first kappa shape index (κ1) is 24.9. The minimum atomic E-state index is -0.606. The van der Waals surface area contributed by atoms with E-state index in [4.69, 9.17) is 18.9 Å². The molecule has 1 aliphatic rings. The summed E-state index contributed by atoms with van der Waals surface area (Å²) >= 11 is 1.00. The Hall–Kier alpha value is -4.24. The van der Waals surface area contributed by atoms with Crippen molar-refractivity contribution in [2.75, 3.05) is 14.2 Å². The maximum Gasteiger partial charge on any atom is 0.343 e. The van der Waals surface area contributed by atoms with Crippen LogP contribution in [-0.4, -0.2) is 36.6 Å². The minimum Gasteiger partial charge on any atom is -0.496 e. The topological polar surface area (TPSA) is 100 Å². The Kier molecular flexibility index (Phi) is 7.60. The zero-order valence-electron chi connectivity index (χ0n) is 19.6. The molecule has 3 aromatic rings. The Morgan fingerprint density at radius 2 is 1.42 bits per heavy atom. The lowest BCUT2D eigenvalue weighted by molar-refractivity contribution is -0.128. The minimum absolute atomic E-state index is 0.181. The van der Waals surface area contributed by atoms with E-state index in [1.54, 1.807) is 54.6 Å². The Balaban J connectivity index is 1.35. The Bertz CT molecular complexity index is 1280. The second-order valence-electron chi connectivity index (χ2n) is 7.77. The monoisotopic (exact) mass is 505 g/mol. The zero-order valence-corrected chi connectivity index (χ0v) is 20.4. The van der Waals surface area contributed by atoms with Crippen LogP contribution in [0.1, 0.15) is 11.1 Å². The summed E-state index contributed by atoms with van der Waals surface area (Å²) in [7, 11) is 3.02. The number of carbonyl (C=O) groups is 3. The summed E-state index contributed by atoms with van der Waals surface area (Å²) in [5, 5.41) is 1.56. The van der Waals surface area contributed by atoms with Crippen LogP contribution in [0, 0.1) is 0 Å². The van der Waals surface area contributed by atoms with Crippen molar-refractivity contribution in [3.05, 3.63) is 84.4 Å². The van der Waals surface area contributed by atoms with Crippen LogP contribution in [0.3, 0.4) is 0 Å². The molecule has 9 heteroatoms. The molecule has 184 valence electrons. The molecule has 0 bridgehead atoms. The molecule has 0 aliphatic carbocycles. The van der Waals surface area contributed by atoms with Crippen molar-refractivity contribution in [2.24, 2.45) is 0 Å². The van der Waals surface area contributed by atoms with Gasteiger partial charge < -0.3 is 18.9 Å². The molecule has 1 heterocycles. The number of methoxy groups -OCH3 is 2. The van der Waals surface area contributed by atoms with Gasteiger partial charge in [-0.25, -0.2) is 4.79 Å². The standard InChI is InChI=1S/C27H23NO7S/c1-16(26(30)35-23-14-21(32-2)13-22(15-23)33-3)18-6-10-20(11-7-18)34-19-8-4-17(5-9-19)12-24-25(29)28-27(31)36-24/h4-11,13-15,24H,1,12H2,2-3H3,(H,28,29,31). The van der Waals surface area contributed by atoms with Gasteiger partial charge in [0, 0.05) is 18.2 Å². The molecule has 3 aromatic carbocycles. The van der Waals surface area contributed by atoms with E-state index in [-0.39, 0.29) is 22.5 Å². The van der Waals surface area contributed by atoms with Gasteiger partial charge in [0.25, 0.3) is 5.24 Å². The highest BCUT2D eigenvalue weighted by Gasteiger charge is 2.31. The Morgan fingerprint density at radius 3 is 1.94 bits per heavy atom. The van der Waals surface area contributed by atoms with E-state index in [9.17, 15) is 14.4 Å².